The average Bonchev–Trinajstić information content (AvgIpc) is 2.54. The Balaban J connectivity index is 2.98. The maximum Gasteiger partial charge on any atom is 0.0873 e. The topological polar surface area (TPSA) is 9.23 Å². The number of hydrogen-bond donors (Lipinski definition) is 0. The van der Waals surface area contributed by atoms with Gasteiger partial charge in [-0.25, -0.2) is 0 Å². The van der Waals surface area contributed by atoms with Crippen LogP contribution in [0.3, 0.4) is 0 Å². The molecular formula is C21H41O. The van der Waals surface area contributed by atoms with Gasteiger partial charge < -0.3 is 4.74 Å². The van der Waals surface area contributed by atoms with Crippen LogP contribution in [0.4, 0.5) is 0 Å². The van der Waals surface area contributed by atoms with Crippen LogP contribution in [0, 0.1) is 6.92 Å². The molecule has 0 aromatic rings. The Bertz CT molecular complexity index is 210. The lowest BCUT2D eigenvalue weighted by Gasteiger charge is -2.02. The summed E-state index contributed by atoms with van der Waals surface area (Å²) in [5.74, 6) is 0. The van der Waals surface area contributed by atoms with Crippen molar-refractivity contribution in [3.05, 3.63) is 19.3 Å². The number of allylic oxidation sites excluding steroid dienone is 1. The molecule has 0 atom stereocenters. The molecule has 0 unspecified atom stereocenters. The van der Waals surface area contributed by atoms with E-state index in [1.54, 1.807) is 0 Å². The van der Waals surface area contributed by atoms with E-state index in [1.165, 1.54) is 89.9 Å². The molecule has 22 heavy (non-hydrogen) atoms. The van der Waals surface area contributed by atoms with Crippen molar-refractivity contribution in [1.82, 2.24) is 0 Å². The molecule has 0 amide bonds. The predicted molar refractivity (Wildman–Crippen MR) is 100.0 cm³/mol. The summed E-state index contributed by atoms with van der Waals surface area (Å²) in [7, 11) is 0. The Labute approximate surface area is 140 Å². The normalized spacial score (nSPS) is 11.4. The van der Waals surface area contributed by atoms with Crippen molar-refractivity contribution in [2.45, 2.75) is 110 Å². The molecule has 0 rings (SSSR count). The maximum atomic E-state index is 5.26. The first kappa shape index (κ1) is 21.5. The summed E-state index contributed by atoms with van der Waals surface area (Å²) >= 11 is 0. The minimum atomic E-state index is 0.745. The second-order valence-electron chi connectivity index (χ2n) is 6.48. The minimum Gasteiger partial charge on any atom is -0.502 e. The summed E-state index contributed by atoms with van der Waals surface area (Å²) in [6.07, 6.45) is 26.0. The van der Waals surface area contributed by atoms with E-state index in [0.29, 0.717) is 0 Å². The molecule has 0 bridgehead atoms. The zero-order valence-electron chi connectivity index (χ0n) is 15.3. The SMILES string of the molecule is [CH2]CCOC=CCCCCCCCCCCCCCCCC. The van der Waals surface area contributed by atoms with Gasteiger partial charge in [-0.3, -0.25) is 0 Å². The van der Waals surface area contributed by atoms with E-state index in [2.05, 4.69) is 19.9 Å². The van der Waals surface area contributed by atoms with Crippen LogP contribution in [0.25, 0.3) is 0 Å². The van der Waals surface area contributed by atoms with Crippen molar-refractivity contribution in [1.29, 1.82) is 0 Å². The Hall–Kier alpha value is -0.460. The fourth-order valence-corrected chi connectivity index (χ4v) is 2.74. The molecule has 0 aliphatic rings. The van der Waals surface area contributed by atoms with Gasteiger partial charge in [0.2, 0.25) is 0 Å². The molecule has 0 saturated heterocycles. The molecule has 0 aliphatic carbocycles. The summed E-state index contributed by atoms with van der Waals surface area (Å²) in [5.41, 5.74) is 0. The van der Waals surface area contributed by atoms with Crippen LogP contribution in [0.1, 0.15) is 110 Å². The second kappa shape index (κ2) is 20.5. The van der Waals surface area contributed by atoms with Gasteiger partial charge in [0.05, 0.1) is 12.9 Å². The summed E-state index contributed by atoms with van der Waals surface area (Å²) < 4.78 is 5.26. The third kappa shape index (κ3) is 19.5. The van der Waals surface area contributed by atoms with Crippen LogP contribution in [0.5, 0.6) is 0 Å². The van der Waals surface area contributed by atoms with E-state index in [4.69, 9.17) is 4.74 Å². The largest absolute Gasteiger partial charge is 0.502 e. The van der Waals surface area contributed by atoms with Gasteiger partial charge in [-0.15, -0.1) is 0 Å². The lowest BCUT2D eigenvalue weighted by Crippen LogP contribution is -1.84. The average molecular weight is 310 g/mol. The molecule has 0 aromatic carbocycles. The van der Waals surface area contributed by atoms with E-state index in [-0.39, 0.29) is 0 Å². The third-order valence-electron chi connectivity index (χ3n) is 4.18. The first-order valence-corrected chi connectivity index (χ1v) is 9.97. The van der Waals surface area contributed by atoms with Crippen LogP contribution in [-0.4, -0.2) is 6.61 Å². The lowest BCUT2D eigenvalue weighted by atomic mass is 10.0. The van der Waals surface area contributed by atoms with Crippen LogP contribution < -0.4 is 0 Å². The zero-order chi connectivity index (χ0) is 16.1. The fraction of sp³-hybridized carbons (Fsp3) is 0.857. The fourth-order valence-electron chi connectivity index (χ4n) is 2.74. The third-order valence-corrected chi connectivity index (χ3v) is 4.18. The molecule has 0 spiro atoms. The van der Waals surface area contributed by atoms with E-state index in [1.807, 2.05) is 6.26 Å². The molecule has 1 nitrogen and oxygen atoms in total. The Kier molecular flexibility index (Phi) is 20.1. The van der Waals surface area contributed by atoms with Crippen LogP contribution in [-0.2, 0) is 4.74 Å². The van der Waals surface area contributed by atoms with Crippen molar-refractivity contribution in [3.63, 3.8) is 0 Å². The van der Waals surface area contributed by atoms with Crippen LogP contribution in [0.15, 0.2) is 12.3 Å². The summed E-state index contributed by atoms with van der Waals surface area (Å²) in [5, 5.41) is 0. The van der Waals surface area contributed by atoms with Crippen molar-refractivity contribution in [2.75, 3.05) is 6.61 Å². The summed E-state index contributed by atoms with van der Waals surface area (Å²) in [6, 6.07) is 0. The monoisotopic (exact) mass is 309 g/mol. The molecule has 1 heteroatoms. The molecule has 0 aromatic heterocycles. The van der Waals surface area contributed by atoms with Crippen molar-refractivity contribution in [3.8, 4) is 0 Å². The number of unbranched alkanes of at least 4 members (excludes halogenated alkanes) is 14. The van der Waals surface area contributed by atoms with Gasteiger partial charge in [0.15, 0.2) is 0 Å². The first-order chi connectivity index (χ1) is 10.9. The molecular weight excluding hydrogens is 268 g/mol. The molecule has 131 valence electrons. The molecule has 0 heterocycles. The van der Waals surface area contributed by atoms with E-state index >= 15 is 0 Å². The minimum absolute atomic E-state index is 0.745. The second-order valence-corrected chi connectivity index (χ2v) is 6.48. The van der Waals surface area contributed by atoms with Crippen molar-refractivity contribution >= 4 is 0 Å². The molecule has 0 saturated carbocycles. The van der Waals surface area contributed by atoms with Crippen molar-refractivity contribution in [2.24, 2.45) is 0 Å². The number of rotatable bonds is 18. The van der Waals surface area contributed by atoms with Gasteiger partial charge in [-0.2, -0.15) is 0 Å². The van der Waals surface area contributed by atoms with Gasteiger partial charge in [-0.1, -0.05) is 90.4 Å². The smallest absolute Gasteiger partial charge is 0.0873 e. The lowest BCUT2D eigenvalue weighted by molar-refractivity contribution is 0.254. The summed E-state index contributed by atoms with van der Waals surface area (Å²) in [4.78, 5) is 0. The van der Waals surface area contributed by atoms with Gasteiger partial charge in [0.25, 0.3) is 0 Å². The molecule has 0 fully saturated rings. The molecule has 0 aliphatic heterocycles. The Morgan fingerprint density at radius 2 is 1.14 bits per heavy atom. The highest BCUT2D eigenvalue weighted by molar-refractivity contribution is 4.73. The molecule has 0 N–H and O–H groups in total. The van der Waals surface area contributed by atoms with Gasteiger partial charge in [0, 0.05) is 0 Å². The van der Waals surface area contributed by atoms with E-state index in [0.717, 1.165) is 19.4 Å². The first-order valence-electron chi connectivity index (χ1n) is 9.97. The molecule has 1 radical (unpaired) electrons. The standard InChI is InChI=1S/C21H41O/c1-3-5-6-7-8-9-10-11-12-13-14-15-16-17-18-19-21-22-20-4-2/h19,21H,2-18,20H2,1H3. The van der Waals surface area contributed by atoms with Gasteiger partial charge in [-0.05, 0) is 32.3 Å². The highest BCUT2D eigenvalue weighted by Gasteiger charge is 1.93. The summed E-state index contributed by atoms with van der Waals surface area (Å²) in [6.45, 7) is 6.77. The number of ether oxygens (including phenoxy) is 1. The van der Waals surface area contributed by atoms with Gasteiger partial charge in [0.1, 0.15) is 0 Å². The van der Waals surface area contributed by atoms with Gasteiger partial charge >= 0.3 is 0 Å². The number of hydrogen-bond acceptors (Lipinski definition) is 1. The highest BCUT2D eigenvalue weighted by Crippen LogP contribution is 2.13. The van der Waals surface area contributed by atoms with Crippen LogP contribution >= 0.6 is 0 Å². The van der Waals surface area contributed by atoms with Crippen molar-refractivity contribution < 1.29 is 4.74 Å². The Morgan fingerprint density at radius 3 is 1.59 bits per heavy atom. The van der Waals surface area contributed by atoms with Crippen LogP contribution in [0.2, 0.25) is 0 Å². The predicted octanol–water partition coefficient (Wildman–Crippen LogP) is 7.61. The highest BCUT2D eigenvalue weighted by atomic mass is 16.5. The quantitative estimate of drug-likeness (QED) is 0.187. The Morgan fingerprint density at radius 1 is 0.682 bits per heavy atom. The maximum absolute atomic E-state index is 5.26. The zero-order valence-corrected chi connectivity index (χ0v) is 15.3. The van der Waals surface area contributed by atoms with E-state index in [9.17, 15) is 0 Å². The van der Waals surface area contributed by atoms with E-state index < -0.39 is 0 Å².